The second-order valence-corrected chi connectivity index (χ2v) is 6.73. The summed E-state index contributed by atoms with van der Waals surface area (Å²) in [7, 11) is 0. The standard InChI is InChI=1S/C14H28N2O2S/c1-11(2)9-15-13(17)5-7-19-8-6-14(18)16-10-12(3)4/h11-12H,5-10H2,1-4H3,(H,15,17)(H,16,18). The fraction of sp³-hybridized carbons (Fsp3) is 0.857. The van der Waals surface area contributed by atoms with Gasteiger partial charge < -0.3 is 10.6 Å². The van der Waals surface area contributed by atoms with Gasteiger partial charge in [0.05, 0.1) is 0 Å². The number of carbonyl (C=O) groups is 2. The summed E-state index contributed by atoms with van der Waals surface area (Å²) >= 11 is 1.66. The Morgan fingerprint density at radius 3 is 1.53 bits per heavy atom. The molecule has 2 N–H and O–H groups in total. The molecule has 0 radical (unpaired) electrons. The molecule has 5 heteroatoms. The molecule has 0 rings (SSSR count). The summed E-state index contributed by atoms with van der Waals surface area (Å²) in [6, 6.07) is 0. The summed E-state index contributed by atoms with van der Waals surface area (Å²) in [5, 5.41) is 5.77. The Balaban J connectivity index is 3.39. The molecule has 0 aliphatic rings. The largest absolute Gasteiger partial charge is 0.356 e. The average Bonchev–Trinajstić information content (AvgIpc) is 2.33. The van der Waals surface area contributed by atoms with Crippen LogP contribution in [0.5, 0.6) is 0 Å². The van der Waals surface area contributed by atoms with E-state index in [0.717, 1.165) is 24.6 Å². The molecule has 0 fully saturated rings. The van der Waals surface area contributed by atoms with Gasteiger partial charge in [0, 0.05) is 37.4 Å². The minimum absolute atomic E-state index is 0.102. The van der Waals surface area contributed by atoms with E-state index >= 15 is 0 Å². The van der Waals surface area contributed by atoms with E-state index in [-0.39, 0.29) is 11.8 Å². The Kier molecular flexibility index (Phi) is 10.7. The maximum atomic E-state index is 11.4. The number of nitrogens with one attached hydrogen (secondary N) is 2. The van der Waals surface area contributed by atoms with Gasteiger partial charge in [0.1, 0.15) is 0 Å². The highest BCUT2D eigenvalue weighted by molar-refractivity contribution is 7.99. The molecule has 0 aliphatic heterocycles. The Morgan fingerprint density at radius 1 is 0.842 bits per heavy atom. The molecule has 0 saturated carbocycles. The van der Waals surface area contributed by atoms with Crippen molar-refractivity contribution in [2.75, 3.05) is 24.6 Å². The predicted molar refractivity (Wildman–Crippen MR) is 82.3 cm³/mol. The molecule has 0 aromatic rings. The van der Waals surface area contributed by atoms with Gasteiger partial charge in [0.2, 0.25) is 11.8 Å². The lowest BCUT2D eigenvalue weighted by Crippen LogP contribution is -2.28. The monoisotopic (exact) mass is 288 g/mol. The summed E-state index contributed by atoms with van der Waals surface area (Å²) in [6.07, 6.45) is 1.07. The van der Waals surface area contributed by atoms with E-state index in [4.69, 9.17) is 0 Å². The van der Waals surface area contributed by atoms with Crippen molar-refractivity contribution in [3.8, 4) is 0 Å². The first-order chi connectivity index (χ1) is 8.91. The van der Waals surface area contributed by atoms with E-state index < -0.39 is 0 Å². The average molecular weight is 288 g/mol. The van der Waals surface area contributed by atoms with Crippen LogP contribution in [0.15, 0.2) is 0 Å². The van der Waals surface area contributed by atoms with Crippen molar-refractivity contribution in [3.05, 3.63) is 0 Å². The summed E-state index contributed by atoms with van der Waals surface area (Å²) in [5.41, 5.74) is 0. The van der Waals surface area contributed by atoms with Crippen LogP contribution in [0.25, 0.3) is 0 Å². The SMILES string of the molecule is CC(C)CNC(=O)CCSCCC(=O)NCC(C)C. The molecule has 19 heavy (non-hydrogen) atoms. The number of rotatable bonds is 10. The van der Waals surface area contributed by atoms with Gasteiger partial charge in [0.15, 0.2) is 0 Å². The molecule has 0 bridgehead atoms. The van der Waals surface area contributed by atoms with Crippen molar-refractivity contribution >= 4 is 23.6 Å². The van der Waals surface area contributed by atoms with Gasteiger partial charge in [-0.25, -0.2) is 0 Å². The highest BCUT2D eigenvalue weighted by atomic mass is 32.2. The number of amides is 2. The molecule has 0 aromatic heterocycles. The smallest absolute Gasteiger partial charge is 0.220 e. The van der Waals surface area contributed by atoms with Crippen LogP contribution in [-0.2, 0) is 9.59 Å². The molecule has 4 nitrogen and oxygen atoms in total. The van der Waals surface area contributed by atoms with Gasteiger partial charge in [-0.05, 0) is 11.8 Å². The number of carbonyl (C=O) groups excluding carboxylic acids is 2. The first-order valence-corrected chi connectivity index (χ1v) is 8.18. The summed E-state index contributed by atoms with van der Waals surface area (Å²) in [5.74, 6) is 2.74. The van der Waals surface area contributed by atoms with Crippen LogP contribution < -0.4 is 10.6 Å². The summed E-state index contributed by atoms with van der Waals surface area (Å²) in [6.45, 7) is 9.77. The van der Waals surface area contributed by atoms with Crippen LogP contribution in [0.3, 0.4) is 0 Å². The third-order valence-corrected chi connectivity index (χ3v) is 3.35. The van der Waals surface area contributed by atoms with Crippen LogP contribution in [0.1, 0.15) is 40.5 Å². The Labute approximate surface area is 121 Å². The van der Waals surface area contributed by atoms with Crippen molar-refractivity contribution in [3.63, 3.8) is 0 Å². The zero-order valence-corrected chi connectivity index (χ0v) is 13.4. The second kappa shape index (κ2) is 11.1. The van der Waals surface area contributed by atoms with E-state index in [1.807, 2.05) is 0 Å². The van der Waals surface area contributed by atoms with E-state index in [1.165, 1.54) is 0 Å². The summed E-state index contributed by atoms with van der Waals surface area (Å²) < 4.78 is 0. The number of hydrogen-bond donors (Lipinski definition) is 2. The van der Waals surface area contributed by atoms with Gasteiger partial charge in [-0.3, -0.25) is 9.59 Å². The highest BCUT2D eigenvalue weighted by Crippen LogP contribution is 2.04. The normalized spacial score (nSPS) is 10.8. The van der Waals surface area contributed by atoms with Crippen molar-refractivity contribution in [1.29, 1.82) is 0 Å². The van der Waals surface area contributed by atoms with Crippen molar-refractivity contribution in [2.45, 2.75) is 40.5 Å². The molecule has 2 amide bonds. The molecular formula is C14H28N2O2S. The summed E-state index contributed by atoms with van der Waals surface area (Å²) in [4.78, 5) is 22.8. The quantitative estimate of drug-likeness (QED) is 0.605. The van der Waals surface area contributed by atoms with Crippen LogP contribution >= 0.6 is 11.8 Å². The molecule has 0 aromatic carbocycles. The zero-order chi connectivity index (χ0) is 14.7. The lowest BCUT2D eigenvalue weighted by atomic mass is 10.2. The maximum Gasteiger partial charge on any atom is 0.220 e. The molecular weight excluding hydrogens is 260 g/mol. The molecule has 112 valence electrons. The van der Waals surface area contributed by atoms with Crippen molar-refractivity contribution in [1.82, 2.24) is 10.6 Å². The Bertz CT molecular complexity index is 242. The van der Waals surface area contributed by atoms with Crippen LogP contribution in [0.2, 0.25) is 0 Å². The van der Waals surface area contributed by atoms with E-state index in [9.17, 15) is 9.59 Å². The van der Waals surface area contributed by atoms with Crippen molar-refractivity contribution < 1.29 is 9.59 Å². The van der Waals surface area contributed by atoms with E-state index in [1.54, 1.807) is 11.8 Å². The topological polar surface area (TPSA) is 58.2 Å². The third-order valence-electron chi connectivity index (χ3n) is 2.36. The number of hydrogen-bond acceptors (Lipinski definition) is 3. The molecule has 0 atom stereocenters. The fourth-order valence-corrected chi connectivity index (χ4v) is 2.11. The maximum absolute atomic E-state index is 11.4. The number of thioether (sulfide) groups is 1. The van der Waals surface area contributed by atoms with Crippen LogP contribution in [0, 0.1) is 11.8 Å². The molecule has 0 saturated heterocycles. The predicted octanol–water partition coefficient (Wildman–Crippen LogP) is 2.04. The van der Waals surface area contributed by atoms with Gasteiger partial charge >= 0.3 is 0 Å². The Morgan fingerprint density at radius 2 is 1.21 bits per heavy atom. The fourth-order valence-electron chi connectivity index (χ4n) is 1.24. The Hall–Kier alpha value is -0.710. The molecule has 0 spiro atoms. The van der Waals surface area contributed by atoms with Crippen LogP contribution in [0.4, 0.5) is 0 Å². The molecule has 0 unspecified atom stereocenters. The molecule has 0 heterocycles. The van der Waals surface area contributed by atoms with E-state index in [2.05, 4.69) is 38.3 Å². The van der Waals surface area contributed by atoms with Gasteiger partial charge in [-0.2, -0.15) is 11.8 Å². The van der Waals surface area contributed by atoms with Gasteiger partial charge in [-0.1, -0.05) is 27.7 Å². The first-order valence-electron chi connectivity index (χ1n) is 7.03. The van der Waals surface area contributed by atoms with E-state index in [0.29, 0.717) is 24.7 Å². The minimum Gasteiger partial charge on any atom is -0.356 e. The highest BCUT2D eigenvalue weighted by Gasteiger charge is 2.04. The van der Waals surface area contributed by atoms with Gasteiger partial charge in [-0.15, -0.1) is 0 Å². The lowest BCUT2D eigenvalue weighted by Gasteiger charge is -2.08. The third kappa shape index (κ3) is 13.5. The molecule has 0 aliphatic carbocycles. The second-order valence-electron chi connectivity index (χ2n) is 5.51. The van der Waals surface area contributed by atoms with Gasteiger partial charge in [0.25, 0.3) is 0 Å². The zero-order valence-electron chi connectivity index (χ0n) is 12.6. The first kappa shape index (κ1) is 18.3. The van der Waals surface area contributed by atoms with Crippen LogP contribution in [-0.4, -0.2) is 36.4 Å². The lowest BCUT2D eigenvalue weighted by molar-refractivity contribution is -0.121. The van der Waals surface area contributed by atoms with Crippen molar-refractivity contribution in [2.24, 2.45) is 11.8 Å². The minimum atomic E-state index is 0.102.